The van der Waals surface area contributed by atoms with E-state index in [1.54, 1.807) is 12.1 Å². The van der Waals surface area contributed by atoms with Crippen molar-refractivity contribution >= 4 is 22.6 Å². The fourth-order valence-corrected chi connectivity index (χ4v) is 2.66. The van der Waals surface area contributed by atoms with Gasteiger partial charge in [0.1, 0.15) is 11.6 Å². The highest BCUT2D eigenvalue weighted by molar-refractivity contribution is 5.94. The van der Waals surface area contributed by atoms with E-state index in [0.29, 0.717) is 5.39 Å². The summed E-state index contributed by atoms with van der Waals surface area (Å²) in [6.45, 7) is -0.857. The van der Waals surface area contributed by atoms with Crippen LogP contribution in [0.2, 0.25) is 0 Å². The maximum absolute atomic E-state index is 13.1. The molecule has 25 heavy (non-hydrogen) atoms. The highest BCUT2D eigenvalue weighted by Crippen LogP contribution is 2.33. The zero-order valence-electron chi connectivity index (χ0n) is 12.6. The number of aromatic nitrogens is 2. The van der Waals surface area contributed by atoms with E-state index in [2.05, 4.69) is 14.7 Å². The molecule has 1 fully saturated rings. The lowest BCUT2D eigenvalue weighted by atomic mass is 10.1. The van der Waals surface area contributed by atoms with E-state index in [1.807, 2.05) is 6.07 Å². The van der Waals surface area contributed by atoms with E-state index in [1.165, 1.54) is 17.3 Å². The molecule has 2 aromatic rings. The number of nitrogens with zero attached hydrogens (tertiary/aromatic N) is 4. The highest BCUT2D eigenvalue weighted by Gasteiger charge is 2.47. The van der Waals surface area contributed by atoms with Crippen LogP contribution in [0.25, 0.3) is 10.9 Å². The number of carboxylic acid groups (broad SMARTS) is 1. The predicted octanol–water partition coefficient (Wildman–Crippen LogP) is 1.72. The first-order valence-corrected chi connectivity index (χ1v) is 7.15. The van der Waals surface area contributed by atoms with Gasteiger partial charge in [-0.2, -0.15) is 18.4 Å². The molecule has 0 bridgehead atoms. The molecule has 130 valence electrons. The molecule has 0 amide bonds. The second-order valence-electron chi connectivity index (χ2n) is 5.40. The van der Waals surface area contributed by atoms with Gasteiger partial charge in [0, 0.05) is 11.6 Å². The van der Waals surface area contributed by atoms with E-state index < -0.39 is 30.9 Å². The minimum absolute atomic E-state index is 0.0368. The average Bonchev–Trinajstić information content (AvgIpc) is 2.59. The van der Waals surface area contributed by atoms with Crippen LogP contribution in [-0.4, -0.2) is 52.5 Å². The van der Waals surface area contributed by atoms with Gasteiger partial charge in [-0.15, -0.1) is 0 Å². The third-order valence-corrected chi connectivity index (χ3v) is 3.81. The van der Waals surface area contributed by atoms with Gasteiger partial charge in [0.25, 0.3) is 0 Å². The van der Waals surface area contributed by atoms with Crippen molar-refractivity contribution in [1.29, 1.82) is 5.26 Å². The molecule has 2 aromatic heterocycles. The Bertz CT molecular complexity index is 865. The molecule has 0 radical (unpaired) electrons. The number of pyridine rings is 2. The molecule has 3 heterocycles. The van der Waals surface area contributed by atoms with Crippen molar-refractivity contribution in [2.75, 3.05) is 18.0 Å². The Balaban J connectivity index is 2.07. The number of aliphatic carboxylic acids is 1. The van der Waals surface area contributed by atoms with E-state index in [9.17, 15) is 18.0 Å². The van der Waals surface area contributed by atoms with Crippen LogP contribution in [0.4, 0.5) is 18.9 Å². The molecule has 2 unspecified atom stereocenters. The number of alkyl halides is 3. The summed E-state index contributed by atoms with van der Waals surface area (Å²) in [6.07, 6.45) is -5.90. The highest BCUT2D eigenvalue weighted by atomic mass is 19.4. The Labute approximate surface area is 139 Å². The summed E-state index contributed by atoms with van der Waals surface area (Å²) >= 11 is 0. The van der Waals surface area contributed by atoms with Crippen molar-refractivity contribution in [2.45, 2.75) is 18.4 Å². The van der Waals surface area contributed by atoms with Crippen molar-refractivity contribution in [3.05, 3.63) is 30.2 Å². The molecule has 0 aromatic carbocycles. The third kappa shape index (κ3) is 3.18. The summed E-state index contributed by atoms with van der Waals surface area (Å²) in [5, 5.41) is 18.6. The molecule has 0 aliphatic carbocycles. The van der Waals surface area contributed by atoms with Gasteiger partial charge in [-0.1, -0.05) is 0 Å². The largest absolute Gasteiger partial charge is 0.479 e. The molecule has 0 spiro atoms. The molecule has 1 N–H and O–H groups in total. The smallest absolute Gasteiger partial charge is 0.416 e. The maximum Gasteiger partial charge on any atom is 0.416 e. The molecule has 2 atom stereocenters. The van der Waals surface area contributed by atoms with Gasteiger partial charge in [0.2, 0.25) is 0 Å². The first-order chi connectivity index (χ1) is 11.8. The number of carboxylic acids is 1. The van der Waals surface area contributed by atoms with Crippen LogP contribution in [0.3, 0.4) is 0 Å². The van der Waals surface area contributed by atoms with Crippen molar-refractivity contribution in [3.8, 4) is 6.07 Å². The molecular weight excluding hydrogens is 341 g/mol. The standard InChI is InChI=1S/C15H11F3N4O3/c16-15(17,18)12-7-22(6-11(25-12)14(23)24)10-5-21-9(4-19)13-8(10)2-1-3-20-13/h1-3,5,11-12H,6-7H2,(H,23,24). The van der Waals surface area contributed by atoms with Crippen LogP contribution < -0.4 is 4.90 Å². The summed E-state index contributed by atoms with van der Waals surface area (Å²) in [7, 11) is 0. The van der Waals surface area contributed by atoms with E-state index in [0.717, 1.165) is 0 Å². The number of hydrogen-bond acceptors (Lipinski definition) is 6. The summed E-state index contributed by atoms with van der Waals surface area (Å²) < 4.78 is 43.9. The molecule has 1 saturated heterocycles. The fraction of sp³-hybridized carbons (Fsp3) is 0.333. The molecule has 10 heteroatoms. The topological polar surface area (TPSA) is 99.3 Å². The Kier molecular flexibility index (Phi) is 4.18. The summed E-state index contributed by atoms with van der Waals surface area (Å²) in [5.74, 6) is -1.48. The van der Waals surface area contributed by atoms with Crippen LogP contribution >= 0.6 is 0 Å². The number of hydrogen-bond donors (Lipinski definition) is 1. The van der Waals surface area contributed by atoms with Crippen molar-refractivity contribution in [1.82, 2.24) is 9.97 Å². The summed E-state index contributed by atoms with van der Waals surface area (Å²) in [6, 6.07) is 5.03. The summed E-state index contributed by atoms with van der Waals surface area (Å²) in [4.78, 5) is 20.4. The number of nitriles is 1. The minimum Gasteiger partial charge on any atom is -0.479 e. The predicted molar refractivity (Wildman–Crippen MR) is 78.8 cm³/mol. The lowest BCUT2D eigenvalue weighted by Gasteiger charge is -2.38. The molecule has 1 aliphatic rings. The van der Waals surface area contributed by atoms with Gasteiger partial charge in [-0.05, 0) is 12.1 Å². The van der Waals surface area contributed by atoms with Crippen LogP contribution in [-0.2, 0) is 9.53 Å². The second-order valence-corrected chi connectivity index (χ2v) is 5.40. The van der Waals surface area contributed by atoms with E-state index >= 15 is 0 Å². The van der Waals surface area contributed by atoms with Gasteiger partial charge in [-0.25, -0.2) is 9.78 Å². The summed E-state index contributed by atoms with van der Waals surface area (Å²) in [5.41, 5.74) is 0.546. The number of rotatable bonds is 2. The van der Waals surface area contributed by atoms with Crippen molar-refractivity contribution in [3.63, 3.8) is 0 Å². The zero-order valence-corrected chi connectivity index (χ0v) is 12.6. The number of ether oxygens (including phenoxy) is 1. The second kappa shape index (κ2) is 6.18. The molecule has 0 saturated carbocycles. The maximum atomic E-state index is 13.1. The van der Waals surface area contributed by atoms with Gasteiger partial charge in [-0.3, -0.25) is 4.98 Å². The number of carbonyl (C=O) groups is 1. The Morgan fingerprint density at radius 2 is 2.16 bits per heavy atom. The SMILES string of the molecule is N#Cc1ncc(N2CC(C(=O)O)OC(C(F)(F)F)C2)c2cccnc12. The quantitative estimate of drug-likeness (QED) is 0.878. The number of fused-ring (bicyclic) bond motifs is 1. The van der Waals surface area contributed by atoms with Crippen LogP contribution in [0, 0.1) is 11.3 Å². The monoisotopic (exact) mass is 352 g/mol. The normalized spacial score (nSPS) is 21.1. The van der Waals surface area contributed by atoms with E-state index in [-0.39, 0.29) is 23.4 Å². The molecule has 3 rings (SSSR count). The zero-order chi connectivity index (χ0) is 18.2. The van der Waals surface area contributed by atoms with Gasteiger partial charge in [0.05, 0.1) is 25.0 Å². The first kappa shape index (κ1) is 16.9. The Hall–Kier alpha value is -2.93. The van der Waals surface area contributed by atoms with Gasteiger partial charge >= 0.3 is 12.1 Å². The lowest BCUT2D eigenvalue weighted by molar-refractivity contribution is -0.236. The Morgan fingerprint density at radius 1 is 1.40 bits per heavy atom. The van der Waals surface area contributed by atoms with Crippen molar-refractivity contribution < 1.29 is 27.8 Å². The third-order valence-electron chi connectivity index (χ3n) is 3.81. The number of anilines is 1. The first-order valence-electron chi connectivity index (χ1n) is 7.15. The van der Waals surface area contributed by atoms with E-state index in [4.69, 9.17) is 10.4 Å². The van der Waals surface area contributed by atoms with Gasteiger partial charge < -0.3 is 14.7 Å². The van der Waals surface area contributed by atoms with Crippen LogP contribution in [0.15, 0.2) is 24.5 Å². The van der Waals surface area contributed by atoms with Crippen molar-refractivity contribution in [2.24, 2.45) is 0 Å². The van der Waals surface area contributed by atoms with Crippen LogP contribution in [0.1, 0.15) is 5.69 Å². The lowest BCUT2D eigenvalue weighted by Crippen LogP contribution is -2.55. The van der Waals surface area contributed by atoms with Crippen LogP contribution in [0.5, 0.6) is 0 Å². The molecule has 1 aliphatic heterocycles. The molecule has 7 nitrogen and oxygen atoms in total. The number of morpholine rings is 1. The van der Waals surface area contributed by atoms with Gasteiger partial charge in [0.15, 0.2) is 17.9 Å². The Morgan fingerprint density at radius 3 is 2.80 bits per heavy atom. The number of halogens is 3. The molecular formula is C15H11F3N4O3. The fourth-order valence-electron chi connectivity index (χ4n) is 2.66. The minimum atomic E-state index is -4.71. The average molecular weight is 352 g/mol.